The summed E-state index contributed by atoms with van der Waals surface area (Å²) in [7, 11) is 0. The van der Waals surface area contributed by atoms with Gasteiger partial charge < -0.3 is 20.9 Å². The lowest BCUT2D eigenvalue weighted by Gasteiger charge is -2.17. The number of carboxylic acid groups (broad SMARTS) is 1. The van der Waals surface area contributed by atoms with Gasteiger partial charge in [0.25, 0.3) is 0 Å². The molecule has 0 rings (SSSR count). The van der Waals surface area contributed by atoms with Gasteiger partial charge in [0.15, 0.2) is 0 Å². The number of carbonyl (C=O) groups is 2. The molecular formula is C22H38N2O4. The van der Waals surface area contributed by atoms with Gasteiger partial charge in [0.1, 0.15) is 0 Å². The van der Waals surface area contributed by atoms with Crippen LogP contribution in [0.4, 0.5) is 0 Å². The number of hydrogen-bond donors (Lipinski definition) is 3. The smallest absolute Gasteiger partial charge is 0.335 e. The Morgan fingerprint density at radius 2 is 2.00 bits per heavy atom. The highest BCUT2D eigenvalue weighted by Crippen LogP contribution is 2.17. The van der Waals surface area contributed by atoms with E-state index >= 15 is 0 Å². The van der Waals surface area contributed by atoms with E-state index in [1.165, 1.54) is 23.8 Å². The van der Waals surface area contributed by atoms with Crippen LogP contribution in [0.1, 0.15) is 47.0 Å². The molecule has 4 N–H and O–H groups in total. The molecule has 0 radical (unpaired) electrons. The van der Waals surface area contributed by atoms with Gasteiger partial charge in [0, 0.05) is 6.54 Å². The predicted octanol–water partition coefficient (Wildman–Crippen LogP) is 3.61. The average molecular weight is 395 g/mol. The fraction of sp³-hybridized carbons (Fsp3) is 0.545. The zero-order chi connectivity index (χ0) is 21.8. The zero-order valence-electron chi connectivity index (χ0n) is 17.8. The molecule has 6 nitrogen and oxygen atoms in total. The van der Waals surface area contributed by atoms with Crippen molar-refractivity contribution in [2.75, 3.05) is 19.8 Å². The van der Waals surface area contributed by atoms with Crippen LogP contribution in [0.5, 0.6) is 0 Å². The monoisotopic (exact) mass is 394 g/mol. The largest absolute Gasteiger partial charge is 0.478 e. The maximum atomic E-state index is 10.9. The topological polar surface area (TPSA) is 102 Å². The minimum atomic E-state index is -0.990. The van der Waals surface area contributed by atoms with E-state index in [1.807, 2.05) is 20.8 Å². The lowest BCUT2D eigenvalue weighted by molar-refractivity contribution is -0.132. The fourth-order valence-electron chi connectivity index (χ4n) is 2.17. The minimum Gasteiger partial charge on any atom is -0.478 e. The second kappa shape index (κ2) is 19.6. The van der Waals surface area contributed by atoms with Crippen molar-refractivity contribution >= 4 is 12.4 Å². The molecule has 0 aromatic carbocycles. The van der Waals surface area contributed by atoms with Gasteiger partial charge in [0.05, 0.1) is 18.8 Å². The van der Waals surface area contributed by atoms with Crippen LogP contribution in [-0.4, -0.2) is 43.3 Å². The Kier molecular flexibility index (Phi) is 19.6. The molecular weight excluding hydrogens is 356 g/mol. The van der Waals surface area contributed by atoms with Crippen LogP contribution < -0.4 is 11.1 Å². The number of nitrogens with one attached hydrogen (secondary N) is 1. The van der Waals surface area contributed by atoms with Crippen LogP contribution >= 0.6 is 0 Å². The maximum Gasteiger partial charge on any atom is 0.335 e. The zero-order valence-corrected chi connectivity index (χ0v) is 17.8. The number of carbonyl (C=O) groups excluding carboxylic acids is 1. The second-order valence-corrected chi connectivity index (χ2v) is 6.77. The average Bonchev–Trinajstić information content (AvgIpc) is 2.62. The number of amides is 1. The van der Waals surface area contributed by atoms with E-state index in [0.717, 1.165) is 19.3 Å². The molecule has 6 heteroatoms. The van der Waals surface area contributed by atoms with Crippen LogP contribution in [-0.2, 0) is 14.3 Å². The van der Waals surface area contributed by atoms with E-state index in [4.69, 9.17) is 15.6 Å². The molecule has 0 aliphatic heterocycles. The Morgan fingerprint density at radius 1 is 1.36 bits per heavy atom. The molecule has 0 fully saturated rings. The predicted molar refractivity (Wildman–Crippen MR) is 116 cm³/mol. The van der Waals surface area contributed by atoms with Gasteiger partial charge >= 0.3 is 5.97 Å². The van der Waals surface area contributed by atoms with Gasteiger partial charge in [-0.1, -0.05) is 44.2 Å². The molecule has 0 bridgehead atoms. The first-order valence-corrected chi connectivity index (χ1v) is 9.63. The van der Waals surface area contributed by atoms with E-state index in [1.54, 1.807) is 6.08 Å². The van der Waals surface area contributed by atoms with E-state index in [9.17, 15) is 9.59 Å². The van der Waals surface area contributed by atoms with Gasteiger partial charge in [-0.05, 0) is 57.2 Å². The Balaban J connectivity index is 0. The summed E-state index contributed by atoms with van der Waals surface area (Å²) in [6.45, 7) is 13.1. The molecule has 0 saturated heterocycles. The van der Waals surface area contributed by atoms with E-state index in [-0.39, 0.29) is 5.57 Å². The fourth-order valence-corrected chi connectivity index (χ4v) is 2.17. The van der Waals surface area contributed by atoms with Crippen molar-refractivity contribution in [2.24, 2.45) is 11.7 Å². The number of allylic oxidation sites excluding steroid dienone is 4. The molecule has 1 amide bonds. The molecule has 0 spiro atoms. The first-order valence-electron chi connectivity index (χ1n) is 9.63. The Bertz CT molecular complexity index is 520. The van der Waals surface area contributed by atoms with Crippen LogP contribution in [0.25, 0.3) is 0 Å². The lowest BCUT2D eigenvalue weighted by atomic mass is 9.96. The summed E-state index contributed by atoms with van der Waals surface area (Å²) in [5.41, 5.74) is 6.60. The summed E-state index contributed by atoms with van der Waals surface area (Å²) in [6.07, 6.45) is 11.7. The van der Waals surface area contributed by atoms with E-state index in [0.29, 0.717) is 38.1 Å². The summed E-state index contributed by atoms with van der Waals surface area (Å²) in [6, 6.07) is 0.333. The van der Waals surface area contributed by atoms with Crippen molar-refractivity contribution in [1.29, 1.82) is 0 Å². The van der Waals surface area contributed by atoms with Crippen molar-refractivity contribution in [3.8, 4) is 0 Å². The molecule has 0 heterocycles. The standard InChI is InChI=1S/C19H29NO4.C3H9N/c1-4-8-18(19(22)23)10-7-12-24-14-17(13-16(3)5-2)9-6-11-20-15-21;1-3(2)4/h4-5,7-8,10,15,17H,1,6,9,11-14H2,2-3H3,(H,20,21)(H,22,23);3H,4H2,1-2H3/b10-7-,16-5+,18-8+;. The first kappa shape index (κ1) is 28.0. The highest BCUT2D eigenvalue weighted by molar-refractivity contribution is 5.90. The molecule has 160 valence electrons. The first-order chi connectivity index (χ1) is 13.3. The molecule has 0 saturated carbocycles. The third-order valence-electron chi connectivity index (χ3n) is 3.53. The molecule has 0 aromatic heterocycles. The molecule has 0 aromatic rings. The molecule has 28 heavy (non-hydrogen) atoms. The molecule has 0 aliphatic carbocycles. The lowest BCUT2D eigenvalue weighted by Crippen LogP contribution is -2.16. The highest BCUT2D eigenvalue weighted by atomic mass is 16.5. The number of rotatable bonds is 14. The number of ether oxygens (including phenoxy) is 1. The van der Waals surface area contributed by atoms with Gasteiger partial charge in [0.2, 0.25) is 6.41 Å². The van der Waals surface area contributed by atoms with Gasteiger partial charge in [-0.15, -0.1) is 0 Å². The van der Waals surface area contributed by atoms with Crippen molar-refractivity contribution < 1.29 is 19.4 Å². The number of carboxylic acids is 1. The third kappa shape index (κ3) is 20.1. The van der Waals surface area contributed by atoms with Crippen molar-refractivity contribution in [1.82, 2.24) is 5.32 Å². The summed E-state index contributed by atoms with van der Waals surface area (Å²) in [5.74, 6) is -0.610. The van der Waals surface area contributed by atoms with Crippen molar-refractivity contribution in [3.63, 3.8) is 0 Å². The van der Waals surface area contributed by atoms with Gasteiger partial charge in [-0.2, -0.15) is 0 Å². The van der Waals surface area contributed by atoms with Gasteiger partial charge in [-0.3, -0.25) is 4.79 Å². The SMILES string of the molecule is C=C/C=C(\C=C/COCC(CCCNC=O)C/C(C)=C/C)C(=O)O.CC(C)N. The third-order valence-corrected chi connectivity index (χ3v) is 3.53. The summed E-state index contributed by atoms with van der Waals surface area (Å²) >= 11 is 0. The summed E-state index contributed by atoms with van der Waals surface area (Å²) < 4.78 is 5.66. The van der Waals surface area contributed by atoms with Crippen molar-refractivity contribution in [2.45, 2.75) is 53.0 Å². The summed E-state index contributed by atoms with van der Waals surface area (Å²) in [5, 5.41) is 11.6. The quantitative estimate of drug-likeness (QED) is 0.137. The Labute approximate surface area is 170 Å². The number of hydrogen-bond acceptors (Lipinski definition) is 4. The molecule has 1 atom stereocenters. The van der Waals surface area contributed by atoms with Crippen molar-refractivity contribution in [3.05, 3.63) is 48.1 Å². The van der Waals surface area contributed by atoms with Crippen LogP contribution in [0.2, 0.25) is 0 Å². The van der Waals surface area contributed by atoms with Crippen LogP contribution in [0.3, 0.4) is 0 Å². The Morgan fingerprint density at radius 3 is 2.50 bits per heavy atom. The van der Waals surface area contributed by atoms with Gasteiger partial charge in [-0.25, -0.2) is 4.79 Å². The van der Waals surface area contributed by atoms with E-state index < -0.39 is 5.97 Å². The number of aliphatic carboxylic acids is 1. The Hall–Kier alpha value is -2.18. The maximum absolute atomic E-state index is 10.9. The van der Waals surface area contributed by atoms with Crippen LogP contribution in [0.15, 0.2) is 48.1 Å². The van der Waals surface area contributed by atoms with Crippen LogP contribution in [0, 0.1) is 5.92 Å². The van der Waals surface area contributed by atoms with E-state index in [2.05, 4.69) is 24.9 Å². The normalized spacial score (nSPS) is 13.1. The molecule has 1 unspecified atom stereocenters. The molecule has 0 aliphatic rings. The highest BCUT2D eigenvalue weighted by Gasteiger charge is 2.09. The number of nitrogens with two attached hydrogens (primary N) is 1. The minimum absolute atomic E-state index is 0.176. The summed E-state index contributed by atoms with van der Waals surface area (Å²) in [4.78, 5) is 21.2. The second-order valence-electron chi connectivity index (χ2n) is 6.77.